The minimum Gasteiger partial charge on any atom is -0.459 e. The maximum Gasteiger partial charge on any atom is 0.289 e. The van der Waals surface area contributed by atoms with Crippen molar-refractivity contribution < 1.29 is 22.4 Å². The summed E-state index contributed by atoms with van der Waals surface area (Å²) >= 11 is 0. The molecule has 0 radical (unpaired) electrons. The third-order valence-electron chi connectivity index (χ3n) is 5.71. The molecule has 1 aromatic carbocycles. The molecule has 0 saturated carbocycles. The largest absolute Gasteiger partial charge is 0.459 e. The molecule has 0 unspecified atom stereocenters. The first-order valence-corrected chi connectivity index (χ1v) is 11.6. The van der Waals surface area contributed by atoms with Gasteiger partial charge in [-0.05, 0) is 62.1 Å². The van der Waals surface area contributed by atoms with Gasteiger partial charge in [0.05, 0.1) is 11.2 Å². The lowest BCUT2D eigenvalue weighted by molar-refractivity contribution is -0.121. The molecule has 0 aliphatic carbocycles. The topological polar surface area (TPSA) is 99.9 Å². The maximum atomic E-state index is 12.6. The van der Waals surface area contributed by atoms with E-state index in [-0.39, 0.29) is 22.6 Å². The SMILES string of the molecule is O=C(Nc1ccc(S(=O)(=O)N2CCCC2)cc1)C1CCN(C(=O)c2ccco2)CC1. The maximum absolute atomic E-state index is 12.6. The van der Waals surface area contributed by atoms with Crippen molar-refractivity contribution in [3.63, 3.8) is 0 Å². The van der Waals surface area contributed by atoms with Crippen molar-refractivity contribution in [3.05, 3.63) is 48.4 Å². The molecule has 9 heteroatoms. The number of hydrogen-bond donors (Lipinski definition) is 1. The molecule has 2 aliphatic heterocycles. The Labute approximate surface area is 175 Å². The zero-order valence-electron chi connectivity index (χ0n) is 16.6. The summed E-state index contributed by atoms with van der Waals surface area (Å²) in [4.78, 5) is 26.9. The third-order valence-corrected chi connectivity index (χ3v) is 7.62. The predicted octanol–water partition coefficient (Wildman–Crippen LogP) is 2.56. The van der Waals surface area contributed by atoms with E-state index in [1.54, 1.807) is 29.2 Å². The predicted molar refractivity (Wildman–Crippen MR) is 110 cm³/mol. The fourth-order valence-electron chi connectivity index (χ4n) is 3.93. The molecule has 1 aromatic heterocycles. The second-order valence-electron chi connectivity index (χ2n) is 7.67. The molecular formula is C21H25N3O5S. The number of carbonyl (C=O) groups is 2. The Morgan fingerprint density at radius 1 is 0.967 bits per heavy atom. The molecule has 2 amide bonds. The smallest absolute Gasteiger partial charge is 0.289 e. The van der Waals surface area contributed by atoms with Crippen LogP contribution in [0.2, 0.25) is 0 Å². The lowest BCUT2D eigenvalue weighted by Gasteiger charge is -2.30. The fraction of sp³-hybridized carbons (Fsp3) is 0.429. The summed E-state index contributed by atoms with van der Waals surface area (Å²) in [6.07, 6.45) is 4.38. The number of furan rings is 1. The van der Waals surface area contributed by atoms with E-state index in [0.717, 1.165) is 12.8 Å². The Bertz CT molecular complexity index is 988. The number of sulfonamides is 1. The van der Waals surface area contributed by atoms with Crippen molar-refractivity contribution in [2.24, 2.45) is 5.92 Å². The molecule has 160 valence electrons. The number of amides is 2. The van der Waals surface area contributed by atoms with E-state index < -0.39 is 10.0 Å². The van der Waals surface area contributed by atoms with E-state index in [1.807, 2.05) is 0 Å². The summed E-state index contributed by atoms with van der Waals surface area (Å²) in [5.74, 6) is -0.163. The first kappa shape index (κ1) is 20.6. The number of benzene rings is 1. The van der Waals surface area contributed by atoms with Gasteiger partial charge in [0, 0.05) is 37.8 Å². The van der Waals surface area contributed by atoms with Gasteiger partial charge in [0.25, 0.3) is 5.91 Å². The van der Waals surface area contributed by atoms with Crippen LogP contribution in [-0.4, -0.2) is 55.6 Å². The van der Waals surface area contributed by atoms with Crippen molar-refractivity contribution in [2.75, 3.05) is 31.5 Å². The number of rotatable bonds is 5. The Morgan fingerprint density at radius 2 is 1.63 bits per heavy atom. The number of carbonyl (C=O) groups excluding carboxylic acids is 2. The van der Waals surface area contributed by atoms with Crippen LogP contribution in [0.5, 0.6) is 0 Å². The molecule has 2 aliphatic rings. The molecule has 4 rings (SSSR count). The van der Waals surface area contributed by atoms with Gasteiger partial charge in [-0.3, -0.25) is 9.59 Å². The molecule has 0 atom stereocenters. The van der Waals surface area contributed by atoms with Crippen LogP contribution in [-0.2, 0) is 14.8 Å². The van der Waals surface area contributed by atoms with Gasteiger partial charge in [0.2, 0.25) is 15.9 Å². The van der Waals surface area contributed by atoms with Gasteiger partial charge in [-0.1, -0.05) is 0 Å². The van der Waals surface area contributed by atoms with Crippen LogP contribution in [0.3, 0.4) is 0 Å². The third kappa shape index (κ3) is 4.27. The first-order chi connectivity index (χ1) is 14.4. The number of nitrogens with zero attached hydrogens (tertiary/aromatic N) is 2. The highest BCUT2D eigenvalue weighted by atomic mass is 32.2. The normalized spacial score (nSPS) is 18.5. The monoisotopic (exact) mass is 431 g/mol. The zero-order chi connectivity index (χ0) is 21.1. The van der Waals surface area contributed by atoms with Crippen molar-refractivity contribution in [1.29, 1.82) is 0 Å². The van der Waals surface area contributed by atoms with Gasteiger partial charge >= 0.3 is 0 Å². The van der Waals surface area contributed by atoms with Crippen LogP contribution < -0.4 is 5.32 Å². The quantitative estimate of drug-likeness (QED) is 0.784. The summed E-state index contributed by atoms with van der Waals surface area (Å²) in [6, 6.07) is 9.62. The number of anilines is 1. The fourth-order valence-corrected chi connectivity index (χ4v) is 5.45. The minimum atomic E-state index is -3.46. The molecule has 0 bridgehead atoms. The van der Waals surface area contributed by atoms with Gasteiger partial charge in [0.15, 0.2) is 5.76 Å². The summed E-state index contributed by atoms with van der Waals surface area (Å²) in [7, 11) is -3.46. The summed E-state index contributed by atoms with van der Waals surface area (Å²) in [6.45, 7) is 2.10. The van der Waals surface area contributed by atoms with Gasteiger partial charge in [-0.15, -0.1) is 0 Å². The first-order valence-electron chi connectivity index (χ1n) is 10.2. The van der Waals surface area contributed by atoms with E-state index in [2.05, 4.69) is 5.32 Å². The second kappa shape index (κ2) is 8.61. The molecule has 3 heterocycles. The van der Waals surface area contributed by atoms with E-state index in [9.17, 15) is 18.0 Å². The van der Waals surface area contributed by atoms with Crippen LogP contribution >= 0.6 is 0 Å². The highest BCUT2D eigenvalue weighted by Crippen LogP contribution is 2.24. The highest BCUT2D eigenvalue weighted by Gasteiger charge is 2.29. The number of nitrogens with one attached hydrogen (secondary N) is 1. The lowest BCUT2D eigenvalue weighted by atomic mass is 9.95. The Kier molecular flexibility index (Phi) is 5.92. The zero-order valence-corrected chi connectivity index (χ0v) is 17.4. The lowest BCUT2D eigenvalue weighted by Crippen LogP contribution is -2.41. The van der Waals surface area contributed by atoms with E-state index in [0.29, 0.717) is 50.5 Å². The number of piperidine rings is 1. The minimum absolute atomic E-state index is 0.116. The second-order valence-corrected chi connectivity index (χ2v) is 9.61. The van der Waals surface area contributed by atoms with Gasteiger partial charge in [-0.2, -0.15) is 4.31 Å². The molecule has 1 N–H and O–H groups in total. The number of hydrogen-bond acceptors (Lipinski definition) is 5. The van der Waals surface area contributed by atoms with Crippen LogP contribution in [0.1, 0.15) is 36.2 Å². The average molecular weight is 432 g/mol. The van der Waals surface area contributed by atoms with Crippen molar-refractivity contribution in [1.82, 2.24) is 9.21 Å². The highest BCUT2D eigenvalue weighted by molar-refractivity contribution is 7.89. The Hall–Kier alpha value is -2.65. The summed E-state index contributed by atoms with van der Waals surface area (Å²) in [5, 5.41) is 2.86. The molecule has 2 saturated heterocycles. The molecule has 8 nitrogen and oxygen atoms in total. The van der Waals surface area contributed by atoms with Gasteiger partial charge in [0.1, 0.15) is 0 Å². The standard InChI is InChI=1S/C21H25N3O5S/c25-20(16-9-13-23(14-10-16)21(26)19-4-3-15-29-19)22-17-5-7-18(8-6-17)30(27,28)24-11-1-2-12-24/h3-8,15-16H,1-2,9-14H2,(H,22,25). The van der Waals surface area contributed by atoms with E-state index >= 15 is 0 Å². The van der Waals surface area contributed by atoms with Crippen LogP contribution in [0.4, 0.5) is 5.69 Å². The van der Waals surface area contributed by atoms with Crippen molar-refractivity contribution >= 4 is 27.5 Å². The van der Waals surface area contributed by atoms with Gasteiger partial charge < -0.3 is 14.6 Å². The Morgan fingerprint density at radius 3 is 2.23 bits per heavy atom. The van der Waals surface area contributed by atoms with Crippen molar-refractivity contribution in [2.45, 2.75) is 30.6 Å². The Balaban J connectivity index is 1.32. The average Bonchev–Trinajstić information content (AvgIpc) is 3.48. The van der Waals surface area contributed by atoms with Crippen molar-refractivity contribution in [3.8, 4) is 0 Å². The van der Waals surface area contributed by atoms with E-state index in [1.165, 1.54) is 22.7 Å². The summed E-state index contributed by atoms with van der Waals surface area (Å²) < 4.78 is 31.8. The molecule has 30 heavy (non-hydrogen) atoms. The molecule has 0 spiro atoms. The molecule has 2 aromatic rings. The summed E-state index contributed by atoms with van der Waals surface area (Å²) in [5.41, 5.74) is 0.564. The van der Waals surface area contributed by atoms with Gasteiger partial charge in [-0.25, -0.2) is 8.42 Å². The molecule has 2 fully saturated rings. The molecular weight excluding hydrogens is 406 g/mol. The number of likely N-dealkylation sites (tertiary alicyclic amines) is 1. The van der Waals surface area contributed by atoms with Crippen LogP contribution in [0, 0.1) is 5.92 Å². The van der Waals surface area contributed by atoms with Crippen LogP contribution in [0.25, 0.3) is 0 Å². The van der Waals surface area contributed by atoms with E-state index in [4.69, 9.17) is 4.42 Å². The van der Waals surface area contributed by atoms with Crippen LogP contribution in [0.15, 0.2) is 52.0 Å².